The van der Waals surface area contributed by atoms with Gasteiger partial charge in [-0.05, 0) is 97.5 Å². The lowest BCUT2D eigenvalue weighted by Gasteiger charge is -2.29. The third kappa shape index (κ3) is 4.64. The van der Waals surface area contributed by atoms with Crippen molar-refractivity contribution in [1.82, 2.24) is 24.8 Å². The molecule has 1 atom stereocenters. The summed E-state index contributed by atoms with van der Waals surface area (Å²) in [5.41, 5.74) is 6.29. The van der Waals surface area contributed by atoms with E-state index in [2.05, 4.69) is 51.2 Å². The summed E-state index contributed by atoms with van der Waals surface area (Å²) < 4.78 is 14.4. The number of carbonyl (C=O) groups is 1. The van der Waals surface area contributed by atoms with E-state index in [1.807, 2.05) is 24.3 Å². The summed E-state index contributed by atoms with van der Waals surface area (Å²) in [5, 5.41) is 10.8. The lowest BCUT2D eigenvalue weighted by Crippen LogP contribution is -2.31. The van der Waals surface area contributed by atoms with Gasteiger partial charge in [0.2, 0.25) is 0 Å². The number of benzene rings is 3. The number of pyridine rings is 1. The summed E-state index contributed by atoms with van der Waals surface area (Å²) in [5.74, 6) is 0.170. The zero-order valence-corrected chi connectivity index (χ0v) is 22.7. The minimum Gasteiger partial charge on any atom is -0.508 e. The van der Waals surface area contributed by atoms with Gasteiger partial charge in [-0.15, -0.1) is 0 Å². The largest absolute Gasteiger partial charge is 0.508 e. The average molecular weight is 548 g/mol. The Hall–Kier alpha value is -4.56. The highest BCUT2D eigenvalue weighted by molar-refractivity contribution is 6.00. The van der Waals surface area contributed by atoms with Crippen molar-refractivity contribution in [1.29, 1.82) is 0 Å². The molecule has 2 N–H and O–H groups in total. The lowest BCUT2D eigenvalue weighted by atomic mass is 9.88. The van der Waals surface area contributed by atoms with Crippen LogP contribution >= 0.6 is 0 Å². The second-order valence-corrected chi connectivity index (χ2v) is 11.1. The molecule has 7 nitrogen and oxygen atoms in total. The molecule has 2 aromatic heterocycles. The van der Waals surface area contributed by atoms with E-state index in [0.29, 0.717) is 35.0 Å². The van der Waals surface area contributed by atoms with E-state index in [1.165, 1.54) is 36.6 Å². The van der Waals surface area contributed by atoms with E-state index in [9.17, 15) is 14.3 Å². The molecular weight excluding hydrogens is 517 g/mol. The van der Waals surface area contributed by atoms with Gasteiger partial charge in [-0.1, -0.05) is 36.4 Å². The summed E-state index contributed by atoms with van der Waals surface area (Å²) >= 11 is 0. The fourth-order valence-corrected chi connectivity index (χ4v) is 6.20. The molecular formula is C33H30FN5O2. The Morgan fingerprint density at radius 1 is 1.00 bits per heavy atom. The lowest BCUT2D eigenvalue weighted by molar-refractivity contribution is 0.0723. The van der Waals surface area contributed by atoms with Crippen molar-refractivity contribution in [2.45, 2.75) is 31.3 Å². The number of aromatic nitrogens is 3. The molecule has 206 valence electrons. The Morgan fingerprint density at radius 3 is 2.56 bits per heavy atom. The van der Waals surface area contributed by atoms with E-state index >= 15 is 0 Å². The second-order valence-electron chi connectivity index (χ2n) is 11.1. The van der Waals surface area contributed by atoms with Crippen LogP contribution in [-0.4, -0.2) is 55.9 Å². The van der Waals surface area contributed by atoms with Gasteiger partial charge in [0.05, 0.1) is 0 Å². The Morgan fingerprint density at radius 2 is 1.78 bits per heavy atom. The Labute approximate surface area is 237 Å². The number of imidazole rings is 1. The van der Waals surface area contributed by atoms with Crippen LogP contribution in [0.2, 0.25) is 0 Å². The third-order valence-corrected chi connectivity index (χ3v) is 8.50. The molecule has 2 aliphatic heterocycles. The summed E-state index contributed by atoms with van der Waals surface area (Å²) in [4.78, 5) is 30.1. The Balaban J connectivity index is 1.22. The molecule has 0 radical (unpaired) electrons. The molecule has 0 aliphatic carbocycles. The molecule has 1 saturated heterocycles. The van der Waals surface area contributed by atoms with Crippen molar-refractivity contribution in [2.24, 2.45) is 0 Å². The molecule has 1 amide bonds. The first-order valence-electron chi connectivity index (χ1n) is 14.0. The molecule has 41 heavy (non-hydrogen) atoms. The van der Waals surface area contributed by atoms with Gasteiger partial charge in [-0.25, -0.2) is 14.4 Å². The molecule has 3 aromatic carbocycles. The van der Waals surface area contributed by atoms with Crippen molar-refractivity contribution in [3.63, 3.8) is 0 Å². The zero-order chi connectivity index (χ0) is 28.1. The SMILES string of the molecule is CN1CCC(c2ccc(-c3ccc4c(c3)C(=O)N(C(c3nc5cccnc5[nH]3)c3cc(F)ccc3O)C4)cc2)CC1. The summed E-state index contributed by atoms with van der Waals surface area (Å²) in [6, 6.07) is 21.2. The Bertz CT molecular complexity index is 1720. The molecule has 5 aromatic rings. The highest BCUT2D eigenvalue weighted by Gasteiger charge is 2.37. The molecule has 1 unspecified atom stereocenters. The van der Waals surface area contributed by atoms with Gasteiger partial charge in [0.25, 0.3) is 5.91 Å². The number of hydrogen-bond acceptors (Lipinski definition) is 5. The van der Waals surface area contributed by atoms with E-state index in [0.717, 1.165) is 29.8 Å². The topological polar surface area (TPSA) is 85.4 Å². The number of H-pyrrole nitrogens is 1. The highest BCUT2D eigenvalue weighted by atomic mass is 19.1. The number of carbonyl (C=O) groups excluding carboxylic acids is 1. The van der Waals surface area contributed by atoms with Crippen LogP contribution in [0.1, 0.15) is 57.7 Å². The molecule has 0 spiro atoms. The van der Waals surface area contributed by atoms with Crippen LogP contribution in [0.15, 0.2) is 79.0 Å². The number of likely N-dealkylation sites (tertiary alicyclic amines) is 1. The van der Waals surface area contributed by atoms with E-state index < -0.39 is 11.9 Å². The van der Waals surface area contributed by atoms with Gasteiger partial charge in [-0.2, -0.15) is 0 Å². The van der Waals surface area contributed by atoms with Crippen molar-refractivity contribution in [3.05, 3.63) is 113 Å². The number of piperidine rings is 1. The smallest absolute Gasteiger partial charge is 0.255 e. The van der Waals surface area contributed by atoms with Crippen LogP contribution in [0.3, 0.4) is 0 Å². The first-order chi connectivity index (χ1) is 19.9. The number of rotatable bonds is 5. The van der Waals surface area contributed by atoms with Crippen LogP contribution < -0.4 is 0 Å². The van der Waals surface area contributed by atoms with Gasteiger partial charge in [0.1, 0.15) is 28.9 Å². The number of fused-ring (bicyclic) bond motifs is 2. The van der Waals surface area contributed by atoms with Crippen molar-refractivity contribution in [3.8, 4) is 16.9 Å². The second kappa shape index (κ2) is 10.1. The van der Waals surface area contributed by atoms with Crippen molar-refractivity contribution < 1.29 is 14.3 Å². The van der Waals surface area contributed by atoms with Crippen LogP contribution in [0.4, 0.5) is 4.39 Å². The van der Waals surface area contributed by atoms with Crippen LogP contribution in [0.5, 0.6) is 5.75 Å². The molecule has 2 aliphatic rings. The molecule has 0 bridgehead atoms. The van der Waals surface area contributed by atoms with Gasteiger partial charge >= 0.3 is 0 Å². The highest BCUT2D eigenvalue weighted by Crippen LogP contribution is 2.40. The monoisotopic (exact) mass is 547 g/mol. The summed E-state index contributed by atoms with van der Waals surface area (Å²) in [6.45, 7) is 2.54. The van der Waals surface area contributed by atoms with E-state index in [-0.39, 0.29) is 17.2 Å². The normalized spacial score (nSPS) is 16.8. The number of aromatic hydroxyl groups is 1. The number of hydrogen-bond donors (Lipinski definition) is 2. The quantitative estimate of drug-likeness (QED) is 0.281. The molecule has 4 heterocycles. The maximum Gasteiger partial charge on any atom is 0.255 e. The molecule has 8 heteroatoms. The Kier molecular flexibility index (Phi) is 6.27. The third-order valence-electron chi connectivity index (χ3n) is 8.50. The fourth-order valence-electron chi connectivity index (χ4n) is 6.20. The predicted molar refractivity (Wildman–Crippen MR) is 155 cm³/mol. The first-order valence-corrected chi connectivity index (χ1v) is 14.0. The summed E-state index contributed by atoms with van der Waals surface area (Å²) in [7, 11) is 2.17. The van der Waals surface area contributed by atoms with Gasteiger partial charge in [0.15, 0.2) is 5.65 Å². The fraction of sp³-hybridized carbons (Fsp3) is 0.242. The van der Waals surface area contributed by atoms with Gasteiger partial charge < -0.3 is 19.9 Å². The number of nitrogens with one attached hydrogen (secondary N) is 1. The van der Waals surface area contributed by atoms with Crippen molar-refractivity contribution in [2.75, 3.05) is 20.1 Å². The van der Waals surface area contributed by atoms with Gasteiger partial charge in [-0.3, -0.25) is 4.79 Å². The van der Waals surface area contributed by atoms with Crippen LogP contribution in [0.25, 0.3) is 22.3 Å². The van der Waals surface area contributed by atoms with E-state index in [1.54, 1.807) is 17.2 Å². The number of amides is 1. The molecule has 7 rings (SSSR count). The summed E-state index contributed by atoms with van der Waals surface area (Å²) in [6.07, 6.45) is 3.99. The minimum absolute atomic E-state index is 0.112. The number of halogens is 1. The average Bonchev–Trinajstić information content (AvgIpc) is 3.56. The predicted octanol–water partition coefficient (Wildman–Crippen LogP) is 6.02. The first kappa shape index (κ1) is 25.4. The maximum atomic E-state index is 14.4. The maximum absolute atomic E-state index is 14.4. The standard InChI is InChI=1S/C33H30FN5O2/c1-38-15-12-22(13-16-38)20-4-6-21(7-5-20)23-8-9-24-19-39(33(41)26(24)17-23)30(27-18-25(34)10-11-29(27)40)32-36-28-3-2-14-35-31(28)37-32/h2-11,14,17-18,22,30,40H,12-13,15-16,19H2,1H3,(H,35,36,37). The molecule has 1 fully saturated rings. The van der Waals surface area contributed by atoms with Crippen molar-refractivity contribution >= 4 is 17.1 Å². The number of nitrogens with zero attached hydrogens (tertiary/aromatic N) is 4. The van der Waals surface area contributed by atoms with Crippen LogP contribution in [-0.2, 0) is 6.54 Å². The van der Waals surface area contributed by atoms with Gasteiger partial charge in [0, 0.05) is 23.9 Å². The molecule has 0 saturated carbocycles. The van der Waals surface area contributed by atoms with E-state index in [4.69, 9.17) is 0 Å². The van der Waals surface area contributed by atoms with Crippen LogP contribution in [0, 0.1) is 5.82 Å². The zero-order valence-electron chi connectivity index (χ0n) is 22.7. The number of phenolic OH excluding ortho intramolecular Hbond substituents is 1. The minimum atomic E-state index is -0.836. The number of phenols is 1. The number of aromatic amines is 1.